The predicted octanol–water partition coefficient (Wildman–Crippen LogP) is 3.72. The van der Waals surface area contributed by atoms with E-state index in [0.717, 1.165) is 11.8 Å². The van der Waals surface area contributed by atoms with Crippen LogP contribution < -0.4 is 11.3 Å². The first kappa shape index (κ1) is 15.2. The molecular formula is C15H28F2N2. The largest absolute Gasteiger partial charge is 0.271 e. The van der Waals surface area contributed by atoms with Crippen LogP contribution in [-0.4, -0.2) is 12.0 Å². The summed E-state index contributed by atoms with van der Waals surface area (Å²) < 4.78 is 26.5. The number of nitrogens with one attached hydrogen (secondary N) is 1. The molecule has 0 bridgehead atoms. The van der Waals surface area contributed by atoms with Crippen LogP contribution in [-0.2, 0) is 0 Å². The van der Waals surface area contributed by atoms with Gasteiger partial charge in [0, 0.05) is 18.9 Å². The lowest BCUT2D eigenvalue weighted by molar-refractivity contribution is -0.0539. The summed E-state index contributed by atoms with van der Waals surface area (Å²) in [5.41, 5.74) is 2.97. The molecule has 0 spiro atoms. The summed E-state index contributed by atoms with van der Waals surface area (Å²) in [5.74, 6) is 5.66. The molecule has 2 rings (SSSR count). The fraction of sp³-hybridized carbons (Fsp3) is 1.00. The number of hydrogen-bond acceptors (Lipinski definition) is 2. The lowest BCUT2D eigenvalue weighted by Gasteiger charge is -2.41. The molecule has 4 heteroatoms. The van der Waals surface area contributed by atoms with Gasteiger partial charge in [-0.25, -0.2) is 8.78 Å². The number of rotatable bonds is 3. The Morgan fingerprint density at radius 3 is 2.00 bits per heavy atom. The molecule has 0 aromatic rings. The molecule has 3 unspecified atom stereocenters. The zero-order chi connectivity index (χ0) is 14.0. The van der Waals surface area contributed by atoms with Gasteiger partial charge in [-0.2, -0.15) is 0 Å². The molecule has 0 heterocycles. The van der Waals surface area contributed by atoms with Gasteiger partial charge in [0.1, 0.15) is 0 Å². The summed E-state index contributed by atoms with van der Waals surface area (Å²) in [6.07, 6.45) is 4.96. The highest BCUT2D eigenvalue weighted by atomic mass is 19.3. The smallest absolute Gasteiger partial charge is 0.248 e. The first-order chi connectivity index (χ1) is 8.91. The third kappa shape index (κ3) is 3.88. The molecule has 2 fully saturated rings. The maximum absolute atomic E-state index is 13.3. The van der Waals surface area contributed by atoms with Gasteiger partial charge in [-0.1, -0.05) is 13.8 Å². The van der Waals surface area contributed by atoms with Crippen molar-refractivity contribution in [2.45, 2.75) is 70.8 Å². The van der Waals surface area contributed by atoms with Gasteiger partial charge in [0.15, 0.2) is 0 Å². The predicted molar refractivity (Wildman–Crippen MR) is 73.7 cm³/mol. The topological polar surface area (TPSA) is 38.0 Å². The molecule has 0 radical (unpaired) electrons. The Kier molecular flexibility index (Phi) is 4.83. The maximum Gasteiger partial charge on any atom is 0.248 e. The monoisotopic (exact) mass is 274 g/mol. The van der Waals surface area contributed by atoms with Crippen molar-refractivity contribution in [2.24, 2.45) is 29.5 Å². The Morgan fingerprint density at radius 2 is 1.53 bits per heavy atom. The second kappa shape index (κ2) is 6.04. The third-order valence-corrected chi connectivity index (χ3v) is 5.18. The van der Waals surface area contributed by atoms with Crippen LogP contribution in [0, 0.1) is 23.7 Å². The van der Waals surface area contributed by atoms with E-state index >= 15 is 0 Å². The van der Waals surface area contributed by atoms with Crippen LogP contribution in [0.2, 0.25) is 0 Å². The lowest BCUT2D eigenvalue weighted by atomic mass is 9.68. The number of halogens is 2. The van der Waals surface area contributed by atoms with Crippen LogP contribution in [0.15, 0.2) is 0 Å². The van der Waals surface area contributed by atoms with Crippen LogP contribution >= 0.6 is 0 Å². The molecule has 112 valence electrons. The minimum atomic E-state index is -2.44. The molecule has 19 heavy (non-hydrogen) atoms. The highest BCUT2D eigenvalue weighted by Crippen LogP contribution is 2.42. The van der Waals surface area contributed by atoms with E-state index in [1.165, 1.54) is 19.3 Å². The van der Waals surface area contributed by atoms with Gasteiger partial charge < -0.3 is 0 Å². The molecule has 0 aromatic heterocycles. The van der Waals surface area contributed by atoms with Crippen LogP contribution in [0.4, 0.5) is 8.78 Å². The Hall–Kier alpha value is -0.220. The van der Waals surface area contributed by atoms with E-state index in [1.807, 2.05) is 0 Å². The average molecular weight is 274 g/mol. The van der Waals surface area contributed by atoms with Gasteiger partial charge >= 0.3 is 0 Å². The minimum absolute atomic E-state index is 0.0354. The Balaban J connectivity index is 1.96. The normalized spacial score (nSPS) is 38.1. The quantitative estimate of drug-likeness (QED) is 0.608. The van der Waals surface area contributed by atoms with Crippen molar-refractivity contribution in [3.05, 3.63) is 0 Å². The minimum Gasteiger partial charge on any atom is -0.271 e. The lowest BCUT2D eigenvalue weighted by Crippen LogP contribution is -2.49. The van der Waals surface area contributed by atoms with Crippen molar-refractivity contribution in [1.29, 1.82) is 0 Å². The number of alkyl halides is 2. The summed E-state index contributed by atoms with van der Waals surface area (Å²) in [4.78, 5) is 0. The fourth-order valence-corrected chi connectivity index (χ4v) is 4.38. The number of hydrazine groups is 1. The molecule has 2 nitrogen and oxygen atoms in total. The van der Waals surface area contributed by atoms with Crippen molar-refractivity contribution in [3.63, 3.8) is 0 Å². The Morgan fingerprint density at radius 1 is 1.00 bits per heavy atom. The van der Waals surface area contributed by atoms with E-state index in [4.69, 9.17) is 5.84 Å². The molecule has 2 aliphatic rings. The van der Waals surface area contributed by atoms with Crippen LogP contribution in [0.25, 0.3) is 0 Å². The van der Waals surface area contributed by atoms with Crippen LogP contribution in [0.5, 0.6) is 0 Å². The van der Waals surface area contributed by atoms with Gasteiger partial charge in [0.05, 0.1) is 0 Å². The maximum atomic E-state index is 13.3. The molecule has 0 aliphatic heterocycles. The first-order valence-corrected chi connectivity index (χ1v) is 7.75. The van der Waals surface area contributed by atoms with Crippen molar-refractivity contribution < 1.29 is 8.78 Å². The van der Waals surface area contributed by atoms with Gasteiger partial charge in [-0.15, -0.1) is 0 Å². The Bertz CT molecular complexity index is 276. The molecule has 0 amide bonds. The van der Waals surface area contributed by atoms with E-state index in [2.05, 4.69) is 19.3 Å². The average Bonchev–Trinajstić information content (AvgIpc) is 2.31. The van der Waals surface area contributed by atoms with Crippen molar-refractivity contribution in [1.82, 2.24) is 5.43 Å². The highest BCUT2D eigenvalue weighted by Gasteiger charge is 2.40. The second-order valence-corrected chi connectivity index (χ2v) is 7.06. The van der Waals surface area contributed by atoms with Gasteiger partial charge in [0.2, 0.25) is 5.92 Å². The van der Waals surface area contributed by atoms with E-state index in [9.17, 15) is 8.78 Å². The zero-order valence-corrected chi connectivity index (χ0v) is 12.2. The van der Waals surface area contributed by atoms with E-state index < -0.39 is 5.92 Å². The summed E-state index contributed by atoms with van der Waals surface area (Å²) in [5, 5.41) is 0. The van der Waals surface area contributed by atoms with Crippen molar-refractivity contribution >= 4 is 0 Å². The molecule has 2 aliphatic carbocycles. The Labute approximate surface area is 115 Å². The SMILES string of the molecule is CC1CC(C)CC(C(NN)C2CCC(F)(F)CC2)C1. The van der Waals surface area contributed by atoms with Gasteiger partial charge in [0.25, 0.3) is 0 Å². The fourth-order valence-electron chi connectivity index (χ4n) is 4.38. The molecule has 2 saturated carbocycles. The number of nitrogens with two attached hydrogens (primary N) is 1. The summed E-state index contributed by atoms with van der Waals surface area (Å²) in [6.45, 7) is 4.59. The molecule has 3 atom stereocenters. The summed E-state index contributed by atoms with van der Waals surface area (Å²) in [7, 11) is 0. The third-order valence-electron chi connectivity index (χ3n) is 5.18. The molecule has 3 N–H and O–H groups in total. The summed E-state index contributed by atoms with van der Waals surface area (Å²) in [6, 6.07) is 0.223. The molecule has 0 aromatic carbocycles. The highest BCUT2D eigenvalue weighted by molar-refractivity contribution is 4.90. The molecular weight excluding hydrogens is 246 g/mol. The number of hydrogen-bond donors (Lipinski definition) is 2. The van der Waals surface area contributed by atoms with Gasteiger partial charge in [-0.3, -0.25) is 11.3 Å². The van der Waals surface area contributed by atoms with Crippen LogP contribution in [0.1, 0.15) is 58.8 Å². The molecule has 0 saturated heterocycles. The van der Waals surface area contributed by atoms with Gasteiger partial charge in [-0.05, 0) is 55.8 Å². The van der Waals surface area contributed by atoms with E-state index in [0.29, 0.717) is 24.7 Å². The first-order valence-electron chi connectivity index (χ1n) is 7.75. The van der Waals surface area contributed by atoms with Crippen LogP contribution in [0.3, 0.4) is 0 Å². The standard InChI is InChI=1S/C15H28F2N2/c1-10-7-11(2)9-13(8-10)14(19-18)12-3-5-15(16,17)6-4-12/h10-14,19H,3-9,18H2,1-2H3. The van der Waals surface area contributed by atoms with Crippen molar-refractivity contribution in [2.75, 3.05) is 0 Å². The summed E-state index contributed by atoms with van der Waals surface area (Å²) >= 11 is 0. The van der Waals surface area contributed by atoms with E-state index in [-0.39, 0.29) is 18.9 Å². The van der Waals surface area contributed by atoms with Crippen molar-refractivity contribution in [3.8, 4) is 0 Å². The van der Waals surface area contributed by atoms with E-state index in [1.54, 1.807) is 0 Å². The second-order valence-electron chi connectivity index (χ2n) is 7.06. The zero-order valence-electron chi connectivity index (χ0n) is 12.2.